The first kappa shape index (κ1) is 19.4. The van der Waals surface area contributed by atoms with Crippen LogP contribution < -0.4 is 14.4 Å². The monoisotopic (exact) mass is 396 g/mol. The van der Waals surface area contributed by atoms with Crippen molar-refractivity contribution in [1.29, 1.82) is 0 Å². The van der Waals surface area contributed by atoms with Gasteiger partial charge in [0.1, 0.15) is 5.75 Å². The lowest BCUT2D eigenvalue weighted by Crippen LogP contribution is -2.26. The molecule has 0 spiro atoms. The fraction of sp³-hybridized carbons (Fsp3) is 0.0952. The number of hydrogen-bond donors (Lipinski definition) is 1. The number of carbonyl (C=O) groups is 1. The summed E-state index contributed by atoms with van der Waals surface area (Å²) in [6, 6.07) is 21.7. The second-order valence-electron chi connectivity index (χ2n) is 6.06. The van der Waals surface area contributed by atoms with Gasteiger partial charge in [0.15, 0.2) is 0 Å². The molecular weight excluding hydrogens is 376 g/mol. The van der Waals surface area contributed by atoms with E-state index in [2.05, 4.69) is 4.72 Å². The molecule has 0 saturated carbocycles. The number of nitrogens with one attached hydrogen (secondary N) is 1. The summed E-state index contributed by atoms with van der Waals surface area (Å²) in [5, 5.41) is 0. The quantitative estimate of drug-likeness (QED) is 0.688. The number of anilines is 2. The van der Waals surface area contributed by atoms with Crippen LogP contribution in [0.25, 0.3) is 0 Å². The zero-order chi connectivity index (χ0) is 20.1. The molecule has 144 valence electrons. The summed E-state index contributed by atoms with van der Waals surface area (Å²) in [4.78, 5) is 14.3. The van der Waals surface area contributed by atoms with Crippen LogP contribution in [-0.2, 0) is 10.0 Å². The minimum atomic E-state index is -3.73. The summed E-state index contributed by atoms with van der Waals surface area (Å²) in [5.41, 5.74) is 1.60. The van der Waals surface area contributed by atoms with Gasteiger partial charge >= 0.3 is 0 Å². The highest BCUT2D eigenvalue weighted by atomic mass is 32.2. The van der Waals surface area contributed by atoms with Crippen LogP contribution in [0.5, 0.6) is 5.75 Å². The molecule has 0 atom stereocenters. The Morgan fingerprint density at radius 3 is 2.07 bits per heavy atom. The summed E-state index contributed by atoms with van der Waals surface area (Å²) in [6.07, 6.45) is 0. The Hall–Kier alpha value is -3.32. The number of hydrogen-bond acceptors (Lipinski definition) is 4. The number of carbonyl (C=O) groups excluding carboxylic acids is 1. The lowest BCUT2D eigenvalue weighted by atomic mass is 10.1. The van der Waals surface area contributed by atoms with E-state index in [4.69, 9.17) is 4.74 Å². The van der Waals surface area contributed by atoms with Crippen LogP contribution in [0, 0.1) is 0 Å². The molecule has 0 bridgehead atoms. The molecule has 6 nitrogen and oxygen atoms in total. The predicted molar refractivity (Wildman–Crippen MR) is 109 cm³/mol. The molecule has 0 aliphatic carbocycles. The first-order chi connectivity index (χ1) is 13.4. The smallest absolute Gasteiger partial charge is 0.261 e. The third-order valence-corrected chi connectivity index (χ3v) is 5.60. The highest BCUT2D eigenvalue weighted by Gasteiger charge is 2.16. The fourth-order valence-electron chi connectivity index (χ4n) is 2.61. The van der Waals surface area contributed by atoms with Crippen LogP contribution in [0.3, 0.4) is 0 Å². The van der Waals surface area contributed by atoms with E-state index < -0.39 is 10.0 Å². The van der Waals surface area contributed by atoms with E-state index >= 15 is 0 Å². The molecule has 0 radical (unpaired) electrons. The summed E-state index contributed by atoms with van der Waals surface area (Å²) < 4.78 is 32.5. The summed E-state index contributed by atoms with van der Waals surface area (Å²) >= 11 is 0. The number of nitrogens with zero attached hydrogens (tertiary/aromatic N) is 1. The molecule has 0 aliphatic rings. The third kappa shape index (κ3) is 4.32. The molecule has 1 N–H and O–H groups in total. The Bertz CT molecular complexity index is 1050. The second kappa shape index (κ2) is 8.14. The topological polar surface area (TPSA) is 75.7 Å². The summed E-state index contributed by atoms with van der Waals surface area (Å²) in [7, 11) is -0.525. The number of methoxy groups -OCH3 is 1. The van der Waals surface area contributed by atoms with E-state index in [1.54, 1.807) is 43.4 Å². The Morgan fingerprint density at radius 2 is 1.50 bits per heavy atom. The molecule has 3 aromatic rings. The maximum Gasteiger partial charge on any atom is 0.261 e. The van der Waals surface area contributed by atoms with Crippen LogP contribution in [0.2, 0.25) is 0 Å². The summed E-state index contributed by atoms with van der Waals surface area (Å²) in [5.74, 6) is 0.389. The Kier molecular flexibility index (Phi) is 5.65. The Balaban J connectivity index is 1.74. The van der Waals surface area contributed by atoms with Gasteiger partial charge in [-0.2, -0.15) is 0 Å². The standard InChI is InChI=1S/C21H20N2O4S/c1-23(18-6-4-3-5-7-18)21(24)16-8-10-17(11-9-16)22-28(25,26)20-14-12-19(27-2)13-15-20/h3-15,22H,1-2H3. The first-order valence-electron chi connectivity index (χ1n) is 8.51. The lowest BCUT2D eigenvalue weighted by Gasteiger charge is -2.17. The van der Waals surface area contributed by atoms with E-state index in [1.807, 2.05) is 30.3 Å². The minimum Gasteiger partial charge on any atom is -0.497 e. The summed E-state index contributed by atoms with van der Waals surface area (Å²) in [6.45, 7) is 0. The number of rotatable bonds is 6. The van der Waals surface area contributed by atoms with Gasteiger partial charge in [-0.1, -0.05) is 18.2 Å². The number of para-hydroxylation sites is 1. The minimum absolute atomic E-state index is 0.122. The highest BCUT2D eigenvalue weighted by Crippen LogP contribution is 2.20. The molecule has 0 aromatic heterocycles. The van der Waals surface area contributed by atoms with Crippen molar-refractivity contribution in [2.75, 3.05) is 23.8 Å². The van der Waals surface area contributed by atoms with Crippen molar-refractivity contribution in [2.24, 2.45) is 0 Å². The van der Waals surface area contributed by atoms with Crippen LogP contribution >= 0.6 is 0 Å². The van der Waals surface area contributed by atoms with Gasteiger partial charge in [0.2, 0.25) is 0 Å². The van der Waals surface area contributed by atoms with Gasteiger partial charge in [0, 0.05) is 24.0 Å². The van der Waals surface area contributed by atoms with E-state index in [1.165, 1.54) is 24.1 Å². The second-order valence-corrected chi connectivity index (χ2v) is 7.74. The number of ether oxygens (including phenoxy) is 1. The molecule has 28 heavy (non-hydrogen) atoms. The Labute approximate surface area is 164 Å². The normalized spacial score (nSPS) is 10.9. The van der Waals surface area contributed by atoms with E-state index in [0.29, 0.717) is 17.0 Å². The molecule has 0 heterocycles. The third-order valence-electron chi connectivity index (χ3n) is 4.20. The van der Waals surface area contributed by atoms with Crippen molar-refractivity contribution in [1.82, 2.24) is 0 Å². The highest BCUT2D eigenvalue weighted by molar-refractivity contribution is 7.92. The van der Waals surface area contributed by atoms with Crippen LogP contribution in [0.4, 0.5) is 11.4 Å². The molecular formula is C21H20N2O4S. The van der Waals surface area contributed by atoms with Gasteiger partial charge in [-0.3, -0.25) is 9.52 Å². The Morgan fingerprint density at radius 1 is 0.893 bits per heavy atom. The molecule has 3 aromatic carbocycles. The van der Waals surface area contributed by atoms with Gasteiger partial charge in [-0.25, -0.2) is 8.42 Å². The van der Waals surface area contributed by atoms with Crippen molar-refractivity contribution in [3.8, 4) is 5.75 Å². The van der Waals surface area contributed by atoms with Crippen LogP contribution in [0.15, 0.2) is 83.8 Å². The van der Waals surface area contributed by atoms with Gasteiger partial charge in [0.05, 0.1) is 12.0 Å². The SMILES string of the molecule is COc1ccc(S(=O)(=O)Nc2ccc(C(=O)N(C)c3ccccc3)cc2)cc1. The van der Waals surface area contributed by atoms with Crippen molar-refractivity contribution in [3.63, 3.8) is 0 Å². The fourth-order valence-corrected chi connectivity index (χ4v) is 3.67. The molecule has 3 rings (SSSR count). The predicted octanol–water partition coefficient (Wildman–Crippen LogP) is 3.77. The average molecular weight is 396 g/mol. The van der Waals surface area contributed by atoms with Crippen molar-refractivity contribution >= 4 is 27.3 Å². The molecule has 1 amide bonds. The number of sulfonamides is 1. The molecule has 0 saturated heterocycles. The van der Waals surface area contributed by atoms with E-state index in [0.717, 1.165) is 5.69 Å². The van der Waals surface area contributed by atoms with Crippen molar-refractivity contribution < 1.29 is 17.9 Å². The molecule has 7 heteroatoms. The zero-order valence-electron chi connectivity index (χ0n) is 15.5. The van der Waals surface area contributed by atoms with E-state index in [-0.39, 0.29) is 10.8 Å². The van der Waals surface area contributed by atoms with Crippen LogP contribution in [-0.4, -0.2) is 28.5 Å². The molecule has 0 fully saturated rings. The zero-order valence-corrected chi connectivity index (χ0v) is 16.3. The van der Waals surface area contributed by atoms with Crippen molar-refractivity contribution in [2.45, 2.75) is 4.90 Å². The molecule has 0 unspecified atom stereocenters. The van der Waals surface area contributed by atoms with Gasteiger partial charge in [0.25, 0.3) is 15.9 Å². The number of amides is 1. The van der Waals surface area contributed by atoms with Crippen LogP contribution in [0.1, 0.15) is 10.4 Å². The average Bonchev–Trinajstić information content (AvgIpc) is 2.73. The van der Waals surface area contributed by atoms with Gasteiger partial charge in [-0.15, -0.1) is 0 Å². The van der Waals surface area contributed by atoms with Gasteiger partial charge in [-0.05, 0) is 60.7 Å². The van der Waals surface area contributed by atoms with Crippen molar-refractivity contribution in [3.05, 3.63) is 84.4 Å². The first-order valence-corrected chi connectivity index (χ1v) is 9.99. The number of benzene rings is 3. The maximum atomic E-state index is 12.6. The largest absolute Gasteiger partial charge is 0.497 e. The maximum absolute atomic E-state index is 12.6. The van der Waals surface area contributed by atoms with Gasteiger partial charge < -0.3 is 9.64 Å². The molecule has 0 aliphatic heterocycles. The van der Waals surface area contributed by atoms with E-state index in [9.17, 15) is 13.2 Å². The lowest BCUT2D eigenvalue weighted by molar-refractivity contribution is 0.0993.